The maximum absolute atomic E-state index is 13.4. The van der Waals surface area contributed by atoms with Crippen molar-refractivity contribution in [3.05, 3.63) is 53.6 Å². The minimum Gasteiger partial charge on any atom is -0.342 e. The van der Waals surface area contributed by atoms with Gasteiger partial charge >= 0.3 is 0 Å². The van der Waals surface area contributed by atoms with Crippen LogP contribution in [0.3, 0.4) is 0 Å². The van der Waals surface area contributed by atoms with Gasteiger partial charge in [-0.3, -0.25) is 9.59 Å². The summed E-state index contributed by atoms with van der Waals surface area (Å²) < 4.78 is 2.05. The highest BCUT2D eigenvalue weighted by Gasteiger charge is 2.49. The van der Waals surface area contributed by atoms with E-state index in [1.807, 2.05) is 16.0 Å². The zero-order chi connectivity index (χ0) is 21.1. The molecule has 1 atom stereocenters. The summed E-state index contributed by atoms with van der Waals surface area (Å²) in [6.45, 7) is 7.53. The molecule has 0 aliphatic carbocycles. The van der Waals surface area contributed by atoms with Gasteiger partial charge in [0.25, 0.3) is 0 Å². The summed E-state index contributed by atoms with van der Waals surface area (Å²) in [4.78, 5) is 34.5. The second-order valence-electron chi connectivity index (χ2n) is 8.81. The molecule has 160 valence electrons. The number of likely N-dealkylation sites (tertiary alicyclic amines) is 2. The zero-order valence-electron chi connectivity index (χ0n) is 18.1. The van der Waals surface area contributed by atoms with Crippen molar-refractivity contribution in [2.24, 2.45) is 5.41 Å². The molecular formula is C24H32N4O2. The fourth-order valence-corrected chi connectivity index (χ4v) is 5.03. The highest BCUT2D eigenvalue weighted by molar-refractivity contribution is 5.86. The lowest BCUT2D eigenvalue weighted by Crippen LogP contribution is -2.50. The lowest BCUT2D eigenvalue weighted by Gasteiger charge is -2.39. The monoisotopic (exact) mass is 408 g/mol. The molecule has 6 nitrogen and oxygen atoms in total. The zero-order valence-corrected chi connectivity index (χ0v) is 18.1. The number of amides is 2. The van der Waals surface area contributed by atoms with Gasteiger partial charge in [0.2, 0.25) is 11.8 Å². The summed E-state index contributed by atoms with van der Waals surface area (Å²) in [6, 6.07) is 8.37. The summed E-state index contributed by atoms with van der Waals surface area (Å²) >= 11 is 0. The SMILES string of the molecule is CCc1nccn1CCC(=O)N1CCC2(CCCN(Cc3cccc(C)c3)C2=O)C1. The Morgan fingerprint density at radius 2 is 2.10 bits per heavy atom. The number of piperidine rings is 1. The van der Waals surface area contributed by atoms with Crippen LogP contribution in [-0.2, 0) is 29.1 Å². The van der Waals surface area contributed by atoms with Crippen molar-refractivity contribution in [1.82, 2.24) is 19.4 Å². The first-order valence-electron chi connectivity index (χ1n) is 11.1. The molecule has 0 bridgehead atoms. The van der Waals surface area contributed by atoms with Crippen molar-refractivity contribution in [2.45, 2.75) is 59.0 Å². The lowest BCUT2D eigenvalue weighted by molar-refractivity contribution is -0.146. The molecule has 1 unspecified atom stereocenters. The molecule has 1 aromatic carbocycles. The number of rotatable bonds is 6. The molecule has 1 spiro atoms. The lowest BCUT2D eigenvalue weighted by atomic mass is 9.78. The van der Waals surface area contributed by atoms with Crippen molar-refractivity contribution in [3.8, 4) is 0 Å². The molecule has 0 radical (unpaired) electrons. The molecule has 0 saturated carbocycles. The molecule has 2 saturated heterocycles. The molecule has 2 fully saturated rings. The Bertz CT molecular complexity index is 921. The first-order chi connectivity index (χ1) is 14.5. The second-order valence-corrected chi connectivity index (χ2v) is 8.81. The third-order valence-electron chi connectivity index (χ3n) is 6.67. The number of benzene rings is 1. The Hall–Kier alpha value is -2.63. The molecule has 2 amide bonds. The van der Waals surface area contributed by atoms with Gasteiger partial charge in [-0.2, -0.15) is 0 Å². The van der Waals surface area contributed by atoms with E-state index in [1.165, 1.54) is 11.1 Å². The van der Waals surface area contributed by atoms with Gasteiger partial charge in [-0.15, -0.1) is 0 Å². The van der Waals surface area contributed by atoms with E-state index in [-0.39, 0.29) is 17.2 Å². The van der Waals surface area contributed by atoms with Crippen molar-refractivity contribution < 1.29 is 9.59 Å². The predicted molar refractivity (Wildman–Crippen MR) is 116 cm³/mol. The number of carbonyl (C=O) groups excluding carboxylic acids is 2. The van der Waals surface area contributed by atoms with Crippen molar-refractivity contribution in [3.63, 3.8) is 0 Å². The van der Waals surface area contributed by atoms with Crippen LogP contribution in [-0.4, -0.2) is 50.8 Å². The smallest absolute Gasteiger partial charge is 0.230 e. The van der Waals surface area contributed by atoms with Crippen LogP contribution in [0.4, 0.5) is 0 Å². The van der Waals surface area contributed by atoms with E-state index in [0.29, 0.717) is 32.6 Å². The molecule has 6 heteroatoms. The topological polar surface area (TPSA) is 58.4 Å². The highest BCUT2D eigenvalue weighted by Crippen LogP contribution is 2.40. The summed E-state index contributed by atoms with van der Waals surface area (Å²) in [7, 11) is 0. The number of hydrogen-bond acceptors (Lipinski definition) is 3. The fourth-order valence-electron chi connectivity index (χ4n) is 5.03. The molecule has 3 heterocycles. The predicted octanol–water partition coefficient (Wildman–Crippen LogP) is 3.19. The van der Waals surface area contributed by atoms with Gasteiger partial charge in [0.15, 0.2) is 0 Å². The largest absolute Gasteiger partial charge is 0.342 e. The van der Waals surface area contributed by atoms with Crippen LogP contribution in [0.2, 0.25) is 0 Å². The standard InChI is InChI=1S/C24H32N4O2/c1-3-21-25-11-15-26(21)13-8-22(29)28-14-10-24(18-28)9-5-12-27(23(24)30)17-20-7-4-6-19(2)16-20/h4,6-7,11,15-16H,3,5,8-10,12-14,17-18H2,1-2H3. The fraction of sp³-hybridized carbons (Fsp3) is 0.542. The molecule has 0 N–H and O–H groups in total. The number of nitrogens with zero attached hydrogens (tertiary/aromatic N) is 4. The summed E-state index contributed by atoms with van der Waals surface area (Å²) in [5.74, 6) is 1.38. The Kier molecular flexibility index (Phi) is 5.93. The van der Waals surface area contributed by atoms with Crippen LogP contribution in [0.1, 0.15) is 49.6 Å². The number of imidazole rings is 1. The van der Waals surface area contributed by atoms with Gasteiger partial charge in [-0.25, -0.2) is 4.98 Å². The van der Waals surface area contributed by atoms with Crippen LogP contribution < -0.4 is 0 Å². The maximum Gasteiger partial charge on any atom is 0.230 e. The summed E-state index contributed by atoms with van der Waals surface area (Å²) in [5.41, 5.74) is 2.01. The van der Waals surface area contributed by atoms with E-state index >= 15 is 0 Å². The number of aryl methyl sites for hydroxylation is 3. The van der Waals surface area contributed by atoms with E-state index in [0.717, 1.165) is 38.1 Å². The van der Waals surface area contributed by atoms with Gasteiger partial charge in [-0.1, -0.05) is 36.8 Å². The first-order valence-corrected chi connectivity index (χ1v) is 11.1. The van der Waals surface area contributed by atoms with Gasteiger partial charge in [-0.05, 0) is 31.7 Å². The molecular weight excluding hydrogens is 376 g/mol. The van der Waals surface area contributed by atoms with E-state index < -0.39 is 0 Å². The van der Waals surface area contributed by atoms with Gasteiger partial charge in [0, 0.05) is 58.0 Å². The first kappa shape index (κ1) is 20.6. The van der Waals surface area contributed by atoms with Gasteiger partial charge < -0.3 is 14.4 Å². The summed E-state index contributed by atoms with van der Waals surface area (Å²) in [5, 5.41) is 0. The van der Waals surface area contributed by atoms with Crippen LogP contribution in [0.5, 0.6) is 0 Å². The minimum atomic E-state index is -0.388. The summed E-state index contributed by atoms with van der Waals surface area (Å²) in [6.07, 6.45) is 7.73. The van der Waals surface area contributed by atoms with Gasteiger partial charge in [0.1, 0.15) is 5.82 Å². The molecule has 1 aromatic heterocycles. The normalized spacial score (nSPS) is 21.6. The Morgan fingerprint density at radius 3 is 2.90 bits per heavy atom. The quantitative estimate of drug-likeness (QED) is 0.738. The van der Waals surface area contributed by atoms with Crippen molar-refractivity contribution in [1.29, 1.82) is 0 Å². The van der Waals surface area contributed by atoms with Crippen molar-refractivity contribution in [2.75, 3.05) is 19.6 Å². The van der Waals surface area contributed by atoms with Crippen molar-refractivity contribution >= 4 is 11.8 Å². The molecule has 4 rings (SSSR count). The molecule has 30 heavy (non-hydrogen) atoms. The molecule has 2 aliphatic rings. The van der Waals surface area contributed by atoms with Crippen LogP contribution in [0, 0.1) is 12.3 Å². The third kappa shape index (κ3) is 4.13. The molecule has 2 aromatic rings. The third-order valence-corrected chi connectivity index (χ3v) is 6.67. The minimum absolute atomic E-state index is 0.145. The highest BCUT2D eigenvalue weighted by atomic mass is 16.2. The van der Waals surface area contributed by atoms with Crippen LogP contribution in [0.25, 0.3) is 0 Å². The van der Waals surface area contributed by atoms with E-state index in [2.05, 4.69) is 47.7 Å². The average molecular weight is 409 g/mol. The second kappa shape index (κ2) is 8.62. The number of carbonyl (C=O) groups is 2. The molecule has 2 aliphatic heterocycles. The van der Waals surface area contributed by atoms with Crippen LogP contribution in [0.15, 0.2) is 36.7 Å². The maximum atomic E-state index is 13.4. The Labute approximate surface area is 178 Å². The van der Waals surface area contributed by atoms with Crippen LogP contribution >= 0.6 is 0 Å². The van der Waals surface area contributed by atoms with Gasteiger partial charge in [0.05, 0.1) is 5.41 Å². The van der Waals surface area contributed by atoms with E-state index in [9.17, 15) is 9.59 Å². The van der Waals surface area contributed by atoms with E-state index in [1.54, 1.807) is 6.20 Å². The van der Waals surface area contributed by atoms with E-state index in [4.69, 9.17) is 0 Å². The average Bonchev–Trinajstić information content (AvgIpc) is 3.37. The Balaban J connectivity index is 1.37. The number of hydrogen-bond donors (Lipinski definition) is 0. The Morgan fingerprint density at radius 1 is 1.23 bits per heavy atom. The number of aromatic nitrogens is 2.